The standard InChI is InChI=1S/C13H10BrCl3N2O/c1-20-6-10-12(14)13(17)19-11(18-10)5-7-2-3-8(15)9(16)4-7/h2-4H,5-6H2,1H3. The van der Waals surface area contributed by atoms with Gasteiger partial charge in [0.25, 0.3) is 0 Å². The lowest BCUT2D eigenvalue weighted by atomic mass is 10.1. The number of hydrogen-bond donors (Lipinski definition) is 0. The van der Waals surface area contributed by atoms with Crippen molar-refractivity contribution >= 4 is 50.7 Å². The van der Waals surface area contributed by atoms with Crippen molar-refractivity contribution in [2.75, 3.05) is 7.11 Å². The predicted molar refractivity (Wildman–Crippen MR) is 84.7 cm³/mol. The summed E-state index contributed by atoms with van der Waals surface area (Å²) < 4.78 is 5.74. The summed E-state index contributed by atoms with van der Waals surface area (Å²) in [6.07, 6.45) is 0.514. The maximum absolute atomic E-state index is 6.08. The smallest absolute Gasteiger partial charge is 0.147 e. The fourth-order valence-electron chi connectivity index (χ4n) is 1.65. The SMILES string of the molecule is COCc1nc(Cc2ccc(Cl)c(Cl)c2)nc(Cl)c1Br. The van der Waals surface area contributed by atoms with Gasteiger partial charge in [0, 0.05) is 13.5 Å². The highest BCUT2D eigenvalue weighted by molar-refractivity contribution is 9.10. The molecule has 0 aliphatic rings. The highest BCUT2D eigenvalue weighted by atomic mass is 79.9. The summed E-state index contributed by atoms with van der Waals surface area (Å²) >= 11 is 21.3. The maximum Gasteiger partial charge on any atom is 0.147 e. The van der Waals surface area contributed by atoms with Crippen molar-refractivity contribution < 1.29 is 4.74 Å². The lowest BCUT2D eigenvalue weighted by molar-refractivity contribution is 0.180. The van der Waals surface area contributed by atoms with Crippen LogP contribution in [0.2, 0.25) is 15.2 Å². The van der Waals surface area contributed by atoms with Crippen molar-refractivity contribution in [3.8, 4) is 0 Å². The number of hydrogen-bond acceptors (Lipinski definition) is 3. The molecular formula is C13H10BrCl3N2O. The Kier molecular flexibility index (Phi) is 5.64. The van der Waals surface area contributed by atoms with E-state index in [4.69, 9.17) is 39.5 Å². The van der Waals surface area contributed by atoms with Crippen LogP contribution in [0.15, 0.2) is 22.7 Å². The molecule has 0 radical (unpaired) electrons. The number of benzene rings is 1. The number of methoxy groups -OCH3 is 1. The van der Waals surface area contributed by atoms with Gasteiger partial charge in [-0.1, -0.05) is 40.9 Å². The molecule has 0 amide bonds. The van der Waals surface area contributed by atoms with Gasteiger partial charge in [-0.2, -0.15) is 0 Å². The zero-order chi connectivity index (χ0) is 14.7. The molecule has 0 aliphatic carbocycles. The average molecular weight is 396 g/mol. The van der Waals surface area contributed by atoms with E-state index in [2.05, 4.69) is 25.9 Å². The Hall–Kier alpha value is -0.390. The largest absolute Gasteiger partial charge is 0.378 e. The highest BCUT2D eigenvalue weighted by Crippen LogP contribution is 2.26. The van der Waals surface area contributed by atoms with Gasteiger partial charge in [-0.15, -0.1) is 0 Å². The van der Waals surface area contributed by atoms with Crippen LogP contribution in [0, 0.1) is 0 Å². The van der Waals surface area contributed by atoms with E-state index in [1.165, 1.54) is 0 Å². The Balaban J connectivity index is 2.31. The van der Waals surface area contributed by atoms with E-state index in [1.54, 1.807) is 19.2 Å². The molecular weight excluding hydrogens is 386 g/mol. The molecule has 0 N–H and O–H groups in total. The Morgan fingerprint density at radius 2 is 1.90 bits per heavy atom. The molecule has 0 atom stereocenters. The van der Waals surface area contributed by atoms with Crippen LogP contribution in [0.25, 0.3) is 0 Å². The molecule has 0 saturated heterocycles. The van der Waals surface area contributed by atoms with Gasteiger partial charge in [0.1, 0.15) is 11.0 Å². The normalized spacial score (nSPS) is 10.8. The molecule has 106 valence electrons. The number of aromatic nitrogens is 2. The van der Waals surface area contributed by atoms with Gasteiger partial charge >= 0.3 is 0 Å². The van der Waals surface area contributed by atoms with E-state index in [9.17, 15) is 0 Å². The third kappa shape index (κ3) is 3.83. The summed E-state index contributed by atoms with van der Waals surface area (Å²) in [5.41, 5.74) is 1.67. The first-order valence-corrected chi connectivity index (χ1v) is 7.57. The zero-order valence-corrected chi connectivity index (χ0v) is 14.3. The van der Waals surface area contributed by atoms with Crippen LogP contribution in [0.1, 0.15) is 17.1 Å². The molecule has 1 aromatic carbocycles. The number of nitrogens with zero attached hydrogens (tertiary/aromatic N) is 2. The van der Waals surface area contributed by atoms with Crippen molar-refractivity contribution in [2.45, 2.75) is 13.0 Å². The zero-order valence-electron chi connectivity index (χ0n) is 10.5. The number of ether oxygens (including phenoxy) is 1. The lowest BCUT2D eigenvalue weighted by Gasteiger charge is -2.08. The Bertz CT molecular complexity index is 637. The van der Waals surface area contributed by atoms with Gasteiger partial charge in [0.15, 0.2) is 0 Å². The quantitative estimate of drug-likeness (QED) is 0.687. The Morgan fingerprint density at radius 3 is 2.55 bits per heavy atom. The predicted octanol–water partition coefficient (Wildman–Crippen LogP) is 4.94. The summed E-state index contributed by atoms with van der Waals surface area (Å²) in [4.78, 5) is 8.67. The molecule has 0 bridgehead atoms. The highest BCUT2D eigenvalue weighted by Gasteiger charge is 2.11. The summed E-state index contributed by atoms with van der Waals surface area (Å²) in [5, 5.41) is 1.39. The van der Waals surface area contributed by atoms with Crippen LogP contribution in [0.3, 0.4) is 0 Å². The first-order valence-electron chi connectivity index (χ1n) is 5.65. The van der Waals surface area contributed by atoms with Crippen molar-refractivity contribution in [3.05, 3.63) is 55.0 Å². The van der Waals surface area contributed by atoms with Gasteiger partial charge in [0.05, 0.1) is 26.8 Å². The van der Waals surface area contributed by atoms with Crippen molar-refractivity contribution in [1.82, 2.24) is 9.97 Å². The topological polar surface area (TPSA) is 35.0 Å². The van der Waals surface area contributed by atoms with Crippen LogP contribution in [0.5, 0.6) is 0 Å². The third-order valence-electron chi connectivity index (χ3n) is 2.55. The second-order valence-corrected chi connectivity index (χ2v) is 6.01. The molecule has 20 heavy (non-hydrogen) atoms. The maximum atomic E-state index is 6.08. The summed E-state index contributed by atoms with van der Waals surface area (Å²) in [6.45, 7) is 0.358. The number of rotatable bonds is 4. The van der Waals surface area contributed by atoms with Crippen LogP contribution in [0.4, 0.5) is 0 Å². The Labute approximate surface area is 140 Å². The molecule has 7 heteroatoms. The van der Waals surface area contributed by atoms with Gasteiger partial charge in [-0.05, 0) is 33.6 Å². The molecule has 2 rings (SSSR count). The fourth-order valence-corrected chi connectivity index (χ4v) is 2.47. The lowest BCUT2D eigenvalue weighted by Crippen LogP contribution is -2.03. The third-order valence-corrected chi connectivity index (χ3v) is 4.63. The van der Waals surface area contributed by atoms with Gasteiger partial charge in [-0.25, -0.2) is 9.97 Å². The van der Waals surface area contributed by atoms with Crippen LogP contribution in [-0.2, 0) is 17.8 Å². The van der Waals surface area contributed by atoms with Gasteiger partial charge in [-0.3, -0.25) is 0 Å². The molecule has 1 aromatic heterocycles. The van der Waals surface area contributed by atoms with Crippen LogP contribution < -0.4 is 0 Å². The van der Waals surface area contributed by atoms with E-state index >= 15 is 0 Å². The summed E-state index contributed by atoms with van der Waals surface area (Å²) in [6, 6.07) is 5.42. The minimum atomic E-state index is 0.358. The molecule has 0 saturated carbocycles. The summed E-state index contributed by atoms with van der Waals surface area (Å²) in [7, 11) is 1.60. The summed E-state index contributed by atoms with van der Waals surface area (Å²) in [5.74, 6) is 0.601. The molecule has 1 heterocycles. The van der Waals surface area contributed by atoms with Crippen molar-refractivity contribution in [2.24, 2.45) is 0 Å². The van der Waals surface area contributed by atoms with E-state index in [1.807, 2.05) is 6.07 Å². The monoisotopic (exact) mass is 394 g/mol. The second-order valence-electron chi connectivity index (χ2n) is 4.05. The van der Waals surface area contributed by atoms with E-state index in [-0.39, 0.29) is 0 Å². The molecule has 2 aromatic rings. The fraction of sp³-hybridized carbons (Fsp3) is 0.231. The van der Waals surface area contributed by atoms with Gasteiger partial charge in [0.2, 0.25) is 0 Å². The van der Waals surface area contributed by atoms with E-state index in [0.29, 0.717) is 44.2 Å². The van der Waals surface area contributed by atoms with E-state index < -0.39 is 0 Å². The number of halogens is 4. The minimum Gasteiger partial charge on any atom is -0.378 e. The molecule has 3 nitrogen and oxygen atoms in total. The van der Waals surface area contributed by atoms with E-state index in [0.717, 1.165) is 5.56 Å². The van der Waals surface area contributed by atoms with Gasteiger partial charge < -0.3 is 4.74 Å². The van der Waals surface area contributed by atoms with Crippen molar-refractivity contribution in [1.29, 1.82) is 0 Å². The van der Waals surface area contributed by atoms with Crippen LogP contribution >= 0.6 is 50.7 Å². The molecule has 0 aliphatic heterocycles. The first-order chi connectivity index (χ1) is 9.51. The van der Waals surface area contributed by atoms with Crippen molar-refractivity contribution in [3.63, 3.8) is 0 Å². The van der Waals surface area contributed by atoms with Crippen LogP contribution in [-0.4, -0.2) is 17.1 Å². The molecule has 0 fully saturated rings. The molecule has 0 unspecified atom stereocenters. The second kappa shape index (κ2) is 7.05. The Morgan fingerprint density at radius 1 is 1.15 bits per heavy atom. The first kappa shape index (κ1) is 16.0. The average Bonchev–Trinajstić information content (AvgIpc) is 2.40. The molecule has 0 spiro atoms. The minimum absolute atomic E-state index is 0.358.